The van der Waals surface area contributed by atoms with Crippen molar-refractivity contribution in [3.8, 4) is 0 Å². The van der Waals surface area contributed by atoms with Gasteiger partial charge in [0.1, 0.15) is 5.82 Å². The first-order valence-electron chi connectivity index (χ1n) is 5.13. The predicted octanol–water partition coefficient (Wildman–Crippen LogP) is 0.298. The number of aromatic nitrogens is 2. The first-order chi connectivity index (χ1) is 7.33. The first kappa shape index (κ1) is 10.8. The van der Waals surface area contributed by atoms with Gasteiger partial charge < -0.3 is 14.7 Å². The zero-order chi connectivity index (χ0) is 10.7. The number of rotatable bonds is 3. The van der Waals surface area contributed by atoms with Gasteiger partial charge in [0.25, 0.3) is 0 Å². The molecule has 1 aliphatic heterocycles. The van der Waals surface area contributed by atoms with E-state index in [4.69, 9.17) is 9.84 Å². The molecule has 0 spiro atoms. The van der Waals surface area contributed by atoms with Gasteiger partial charge in [-0.15, -0.1) is 0 Å². The summed E-state index contributed by atoms with van der Waals surface area (Å²) in [6.45, 7) is 4.29. The number of hydrogen-bond acceptors (Lipinski definition) is 6. The Balaban J connectivity index is 2.03. The van der Waals surface area contributed by atoms with E-state index in [2.05, 4.69) is 14.3 Å². The van der Waals surface area contributed by atoms with Crippen molar-refractivity contribution in [3.05, 3.63) is 5.82 Å². The molecule has 1 unspecified atom stereocenters. The van der Waals surface area contributed by atoms with E-state index in [0.717, 1.165) is 23.9 Å². The molecule has 1 aromatic rings. The number of anilines is 1. The average molecular weight is 229 g/mol. The van der Waals surface area contributed by atoms with E-state index in [1.54, 1.807) is 0 Å². The highest BCUT2D eigenvalue weighted by molar-refractivity contribution is 7.09. The third-order valence-electron chi connectivity index (χ3n) is 2.39. The van der Waals surface area contributed by atoms with Gasteiger partial charge in [0.05, 0.1) is 19.3 Å². The fourth-order valence-corrected chi connectivity index (χ4v) is 2.30. The van der Waals surface area contributed by atoms with E-state index in [9.17, 15) is 0 Å². The molecule has 0 saturated carbocycles. The maximum Gasteiger partial charge on any atom is 0.205 e. The zero-order valence-corrected chi connectivity index (χ0v) is 9.53. The molecule has 1 fully saturated rings. The second-order valence-corrected chi connectivity index (χ2v) is 4.20. The third kappa shape index (κ3) is 2.45. The van der Waals surface area contributed by atoms with Crippen molar-refractivity contribution in [3.63, 3.8) is 0 Å². The molecular weight excluding hydrogens is 214 g/mol. The lowest BCUT2D eigenvalue weighted by Crippen LogP contribution is -2.44. The molecular formula is C9H15N3O2S. The normalized spacial score (nSPS) is 22.0. The van der Waals surface area contributed by atoms with E-state index in [1.165, 1.54) is 11.5 Å². The number of aryl methyl sites for hydroxylation is 1. The quantitative estimate of drug-likeness (QED) is 0.807. The molecule has 1 N–H and O–H groups in total. The summed E-state index contributed by atoms with van der Waals surface area (Å²) in [5.41, 5.74) is 0. The molecule has 0 aliphatic carbocycles. The van der Waals surface area contributed by atoms with Crippen molar-refractivity contribution >= 4 is 16.7 Å². The summed E-state index contributed by atoms with van der Waals surface area (Å²) in [6.07, 6.45) is 0.775. The van der Waals surface area contributed by atoms with Gasteiger partial charge in [-0.1, -0.05) is 6.92 Å². The predicted molar refractivity (Wildman–Crippen MR) is 58.3 cm³/mol. The Labute approximate surface area is 92.9 Å². The standard InChI is InChI=1S/C9H15N3O2S/c1-2-8-10-9(15-11-8)12-3-4-14-7(5-12)6-13/h7,13H,2-6H2,1H3. The first-order valence-corrected chi connectivity index (χ1v) is 5.90. The molecule has 1 aliphatic rings. The van der Waals surface area contributed by atoms with Gasteiger partial charge in [-0.05, 0) is 0 Å². The van der Waals surface area contributed by atoms with Crippen LogP contribution in [0.1, 0.15) is 12.7 Å². The van der Waals surface area contributed by atoms with Gasteiger partial charge in [0.2, 0.25) is 5.13 Å². The number of aliphatic hydroxyl groups is 1. The zero-order valence-electron chi connectivity index (χ0n) is 8.72. The van der Waals surface area contributed by atoms with Crippen LogP contribution >= 0.6 is 11.5 Å². The molecule has 5 nitrogen and oxygen atoms in total. The van der Waals surface area contributed by atoms with Crippen LogP contribution < -0.4 is 4.90 Å². The molecule has 0 aromatic carbocycles. The summed E-state index contributed by atoms with van der Waals surface area (Å²) in [6, 6.07) is 0. The van der Waals surface area contributed by atoms with Crippen molar-refractivity contribution in [2.45, 2.75) is 19.4 Å². The SMILES string of the molecule is CCc1nsc(N2CCOC(CO)C2)n1. The summed E-state index contributed by atoms with van der Waals surface area (Å²) >= 11 is 1.42. The van der Waals surface area contributed by atoms with E-state index >= 15 is 0 Å². The summed E-state index contributed by atoms with van der Waals surface area (Å²) in [5, 5.41) is 9.96. The Kier molecular flexibility index (Phi) is 3.50. The molecule has 15 heavy (non-hydrogen) atoms. The van der Waals surface area contributed by atoms with Gasteiger partial charge in [0, 0.05) is 31.0 Å². The van der Waals surface area contributed by atoms with Crippen molar-refractivity contribution < 1.29 is 9.84 Å². The van der Waals surface area contributed by atoms with E-state index in [1.807, 2.05) is 6.92 Å². The highest BCUT2D eigenvalue weighted by Gasteiger charge is 2.22. The number of nitrogens with zero attached hydrogens (tertiary/aromatic N) is 3. The maximum atomic E-state index is 9.02. The van der Waals surface area contributed by atoms with Gasteiger partial charge in [-0.25, -0.2) is 4.98 Å². The van der Waals surface area contributed by atoms with Crippen LogP contribution in [0.15, 0.2) is 0 Å². The number of aliphatic hydroxyl groups excluding tert-OH is 1. The van der Waals surface area contributed by atoms with Crippen LogP contribution in [0.3, 0.4) is 0 Å². The average Bonchev–Trinajstić information content (AvgIpc) is 2.78. The van der Waals surface area contributed by atoms with Crippen molar-refractivity contribution in [1.82, 2.24) is 9.36 Å². The van der Waals surface area contributed by atoms with E-state index in [-0.39, 0.29) is 12.7 Å². The minimum Gasteiger partial charge on any atom is -0.394 e. The summed E-state index contributed by atoms with van der Waals surface area (Å²) in [5.74, 6) is 0.891. The molecule has 0 radical (unpaired) electrons. The molecule has 2 rings (SSSR count). The minimum absolute atomic E-state index is 0.0654. The Morgan fingerprint density at radius 3 is 3.20 bits per heavy atom. The number of ether oxygens (including phenoxy) is 1. The lowest BCUT2D eigenvalue weighted by molar-refractivity contribution is 0.00355. The number of hydrogen-bond donors (Lipinski definition) is 1. The van der Waals surface area contributed by atoms with Crippen LogP contribution in [0.5, 0.6) is 0 Å². The lowest BCUT2D eigenvalue weighted by atomic mass is 10.3. The second kappa shape index (κ2) is 4.87. The molecule has 1 saturated heterocycles. The summed E-state index contributed by atoms with van der Waals surface area (Å²) in [7, 11) is 0. The Bertz CT molecular complexity index is 318. The van der Waals surface area contributed by atoms with Crippen molar-refractivity contribution in [2.75, 3.05) is 31.2 Å². The van der Waals surface area contributed by atoms with Gasteiger partial charge in [0.15, 0.2) is 0 Å². The third-order valence-corrected chi connectivity index (χ3v) is 3.20. The van der Waals surface area contributed by atoms with Crippen LogP contribution in [0.25, 0.3) is 0 Å². The molecule has 1 aromatic heterocycles. The largest absolute Gasteiger partial charge is 0.394 e. The Morgan fingerprint density at radius 2 is 2.53 bits per heavy atom. The minimum atomic E-state index is -0.0901. The highest BCUT2D eigenvalue weighted by atomic mass is 32.1. The fourth-order valence-electron chi connectivity index (χ4n) is 1.52. The topological polar surface area (TPSA) is 58.5 Å². The molecule has 2 heterocycles. The number of morpholine rings is 1. The van der Waals surface area contributed by atoms with Crippen molar-refractivity contribution in [2.24, 2.45) is 0 Å². The van der Waals surface area contributed by atoms with Crippen LogP contribution in [0, 0.1) is 0 Å². The second-order valence-electron chi connectivity index (χ2n) is 3.47. The van der Waals surface area contributed by atoms with Gasteiger partial charge in [-0.3, -0.25) is 0 Å². The molecule has 1 atom stereocenters. The molecule has 6 heteroatoms. The van der Waals surface area contributed by atoms with Gasteiger partial charge in [-0.2, -0.15) is 4.37 Å². The highest BCUT2D eigenvalue weighted by Crippen LogP contribution is 2.20. The smallest absolute Gasteiger partial charge is 0.205 e. The Morgan fingerprint density at radius 1 is 1.67 bits per heavy atom. The fraction of sp³-hybridized carbons (Fsp3) is 0.778. The van der Waals surface area contributed by atoms with Crippen LogP contribution in [-0.2, 0) is 11.2 Å². The maximum absolute atomic E-state index is 9.02. The monoisotopic (exact) mass is 229 g/mol. The van der Waals surface area contributed by atoms with E-state index in [0.29, 0.717) is 13.2 Å². The summed E-state index contributed by atoms with van der Waals surface area (Å²) in [4.78, 5) is 6.54. The molecule has 84 valence electrons. The van der Waals surface area contributed by atoms with Crippen molar-refractivity contribution in [1.29, 1.82) is 0 Å². The van der Waals surface area contributed by atoms with Gasteiger partial charge >= 0.3 is 0 Å². The van der Waals surface area contributed by atoms with Crippen LogP contribution in [-0.4, -0.2) is 46.9 Å². The molecule has 0 amide bonds. The Hall–Kier alpha value is -0.720. The van der Waals surface area contributed by atoms with Crippen LogP contribution in [0.2, 0.25) is 0 Å². The summed E-state index contributed by atoms with van der Waals surface area (Å²) < 4.78 is 9.62. The lowest BCUT2D eigenvalue weighted by Gasteiger charge is -2.31. The van der Waals surface area contributed by atoms with Crippen LogP contribution in [0.4, 0.5) is 5.13 Å². The molecule has 0 bridgehead atoms. The van der Waals surface area contributed by atoms with E-state index < -0.39 is 0 Å².